The van der Waals surface area contributed by atoms with E-state index in [0.29, 0.717) is 18.1 Å². The van der Waals surface area contributed by atoms with E-state index in [2.05, 4.69) is 11.9 Å². The number of methoxy groups -OCH3 is 1. The molecule has 0 saturated carbocycles. The zero-order valence-corrected chi connectivity index (χ0v) is 12.0. The van der Waals surface area contributed by atoms with E-state index in [9.17, 15) is 5.11 Å². The van der Waals surface area contributed by atoms with Gasteiger partial charge in [-0.2, -0.15) is 0 Å². The molecule has 0 aliphatic carbocycles. The SMILES string of the molecule is CCn1ccnc1COc1cc(OC)ccc1[C@H](C)O. The van der Waals surface area contributed by atoms with Crippen molar-refractivity contribution in [3.63, 3.8) is 0 Å². The number of hydrogen-bond donors (Lipinski definition) is 1. The third-order valence-electron chi connectivity index (χ3n) is 3.17. The summed E-state index contributed by atoms with van der Waals surface area (Å²) in [6.45, 7) is 4.97. The second-order valence-corrected chi connectivity index (χ2v) is 4.50. The number of rotatable bonds is 6. The standard InChI is InChI=1S/C15H20N2O3/c1-4-17-8-7-16-15(17)10-20-14-9-12(19-3)5-6-13(14)11(2)18/h5-9,11,18H,4,10H2,1-3H3/t11-/m0/s1. The zero-order valence-electron chi connectivity index (χ0n) is 12.0. The summed E-state index contributed by atoms with van der Waals surface area (Å²) in [7, 11) is 1.60. The quantitative estimate of drug-likeness (QED) is 0.881. The number of aryl methyl sites for hydroxylation is 1. The van der Waals surface area contributed by atoms with Gasteiger partial charge in [0, 0.05) is 30.6 Å². The molecule has 1 aromatic carbocycles. The first-order valence-corrected chi connectivity index (χ1v) is 6.64. The van der Waals surface area contributed by atoms with Gasteiger partial charge in [0.15, 0.2) is 0 Å². The molecule has 20 heavy (non-hydrogen) atoms. The fraction of sp³-hybridized carbons (Fsp3) is 0.400. The van der Waals surface area contributed by atoms with Gasteiger partial charge in [-0.1, -0.05) is 0 Å². The summed E-state index contributed by atoms with van der Waals surface area (Å²) >= 11 is 0. The van der Waals surface area contributed by atoms with E-state index >= 15 is 0 Å². The maximum atomic E-state index is 9.78. The maximum Gasteiger partial charge on any atom is 0.146 e. The molecule has 0 unspecified atom stereocenters. The summed E-state index contributed by atoms with van der Waals surface area (Å²) in [5.74, 6) is 2.17. The summed E-state index contributed by atoms with van der Waals surface area (Å²) in [5, 5.41) is 9.78. The van der Waals surface area contributed by atoms with Crippen molar-refractivity contribution in [3.05, 3.63) is 42.0 Å². The summed E-state index contributed by atoms with van der Waals surface area (Å²) in [6, 6.07) is 5.40. The molecule has 1 aromatic heterocycles. The maximum absolute atomic E-state index is 9.78. The van der Waals surface area contributed by atoms with Gasteiger partial charge in [-0.25, -0.2) is 4.98 Å². The van der Waals surface area contributed by atoms with Crippen molar-refractivity contribution in [2.45, 2.75) is 33.1 Å². The number of benzene rings is 1. The third kappa shape index (κ3) is 3.11. The van der Waals surface area contributed by atoms with Crippen LogP contribution >= 0.6 is 0 Å². The lowest BCUT2D eigenvalue weighted by atomic mass is 10.1. The van der Waals surface area contributed by atoms with Crippen LogP contribution in [0.25, 0.3) is 0 Å². The number of aliphatic hydroxyl groups excluding tert-OH is 1. The van der Waals surface area contributed by atoms with Crippen LogP contribution in [0.2, 0.25) is 0 Å². The van der Waals surface area contributed by atoms with Crippen molar-refractivity contribution >= 4 is 0 Å². The van der Waals surface area contributed by atoms with E-state index in [1.54, 1.807) is 26.3 Å². The zero-order chi connectivity index (χ0) is 14.5. The number of imidazole rings is 1. The highest BCUT2D eigenvalue weighted by molar-refractivity contribution is 5.41. The van der Waals surface area contributed by atoms with Gasteiger partial charge in [0.05, 0.1) is 13.2 Å². The lowest BCUT2D eigenvalue weighted by molar-refractivity contribution is 0.189. The molecule has 0 bridgehead atoms. The van der Waals surface area contributed by atoms with E-state index < -0.39 is 6.10 Å². The molecular weight excluding hydrogens is 256 g/mol. The molecule has 0 radical (unpaired) electrons. The van der Waals surface area contributed by atoms with Crippen LogP contribution in [-0.2, 0) is 13.2 Å². The van der Waals surface area contributed by atoms with Crippen molar-refractivity contribution in [1.82, 2.24) is 9.55 Å². The van der Waals surface area contributed by atoms with Gasteiger partial charge in [0.1, 0.15) is 23.9 Å². The Morgan fingerprint density at radius 1 is 1.40 bits per heavy atom. The highest BCUT2D eigenvalue weighted by Gasteiger charge is 2.12. The van der Waals surface area contributed by atoms with E-state index in [1.165, 1.54) is 0 Å². The summed E-state index contributed by atoms with van der Waals surface area (Å²) in [4.78, 5) is 4.26. The Morgan fingerprint density at radius 2 is 2.20 bits per heavy atom. The van der Waals surface area contributed by atoms with Crippen LogP contribution in [0.4, 0.5) is 0 Å². The van der Waals surface area contributed by atoms with Gasteiger partial charge in [-0.15, -0.1) is 0 Å². The van der Waals surface area contributed by atoms with Crippen LogP contribution < -0.4 is 9.47 Å². The molecule has 5 nitrogen and oxygen atoms in total. The number of aliphatic hydroxyl groups is 1. The second-order valence-electron chi connectivity index (χ2n) is 4.50. The Morgan fingerprint density at radius 3 is 2.85 bits per heavy atom. The first-order valence-electron chi connectivity index (χ1n) is 6.64. The normalized spacial score (nSPS) is 12.2. The molecule has 1 N–H and O–H groups in total. The van der Waals surface area contributed by atoms with Crippen LogP contribution in [0.15, 0.2) is 30.6 Å². The largest absolute Gasteiger partial charge is 0.497 e. The number of nitrogens with zero attached hydrogens (tertiary/aromatic N) is 2. The highest BCUT2D eigenvalue weighted by atomic mass is 16.5. The minimum atomic E-state index is -0.596. The fourth-order valence-corrected chi connectivity index (χ4v) is 2.02. The Kier molecular flexibility index (Phi) is 4.63. The molecule has 2 rings (SSSR count). The molecule has 1 heterocycles. The van der Waals surface area contributed by atoms with Gasteiger partial charge < -0.3 is 19.1 Å². The minimum Gasteiger partial charge on any atom is -0.497 e. The molecule has 1 atom stereocenters. The predicted molar refractivity (Wildman–Crippen MR) is 75.9 cm³/mol. The molecule has 0 spiro atoms. The Bertz CT molecular complexity index is 564. The number of hydrogen-bond acceptors (Lipinski definition) is 4. The smallest absolute Gasteiger partial charge is 0.146 e. The average Bonchev–Trinajstić information content (AvgIpc) is 2.91. The monoisotopic (exact) mass is 276 g/mol. The summed E-state index contributed by atoms with van der Waals surface area (Å²) in [6.07, 6.45) is 3.07. The van der Waals surface area contributed by atoms with Crippen molar-refractivity contribution < 1.29 is 14.6 Å². The van der Waals surface area contributed by atoms with Gasteiger partial charge in [-0.3, -0.25) is 0 Å². The van der Waals surface area contributed by atoms with Crippen molar-refractivity contribution in [3.8, 4) is 11.5 Å². The lowest BCUT2D eigenvalue weighted by Crippen LogP contribution is -2.07. The molecule has 0 fully saturated rings. The lowest BCUT2D eigenvalue weighted by Gasteiger charge is -2.15. The number of ether oxygens (including phenoxy) is 2. The van der Waals surface area contributed by atoms with Crippen LogP contribution in [-0.4, -0.2) is 21.8 Å². The summed E-state index contributed by atoms with van der Waals surface area (Å²) in [5.41, 5.74) is 0.736. The van der Waals surface area contributed by atoms with Crippen LogP contribution in [0.1, 0.15) is 31.3 Å². The highest BCUT2D eigenvalue weighted by Crippen LogP contribution is 2.30. The van der Waals surface area contributed by atoms with Crippen LogP contribution in [0.3, 0.4) is 0 Å². The fourth-order valence-electron chi connectivity index (χ4n) is 2.02. The molecule has 0 aliphatic rings. The van der Waals surface area contributed by atoms with Gasteiger partial charge in [-0.05, 0) is 26.0 Å². The molecule has 2 aromatic rings. The van der Waals surface area contributed by atoms with Gasteiger partial charge >= 0.3 is 0 Å². The van der Waals surface area contributed by atoms with Gasteiger partial charge in [0.2, 0.25) is 0 Å². The van der Waals surface area contributed by atoms with Crippen molar-refractivity contribution in [2.75, 3.05) is 7.11 Å². The van der Waals surface area contributed by atoms with E-state index in [-0.39, 0.29) is 0 Å². The van der Waals surface area contributed by atoms with Crippen LogP contribution in [0.5, 0.6) is 11.5 Å². The van der Waals surface area contributed by atoms with E-state index in [0.717, 1.165) is 17.9 Å². The van der Waals surface area contributed by atoms with E-state index in [4.69, 9.17) is 9.47 Å². The Balaban J connectivity index is 2.19. The first kappa shape index (κ1) is 14.4. The summed E-state index contributed by atoms with van der Waals surface area (Å²) < 4.78 is 13.0. The predicted octanol–water partition coefficient (Wildman–Crippen LogP) is 2.54. The molecule has 0 amide bonds. The molecule has 0 aliphatic heterocycles. The first-order chi connectivity index (χ1) is 9.65. The third-order valence-corrected chi connectivity index (χ3v) is 3.17. The Labute approximate surface area is 118 Å². The Hall–Kier alpha value is -2.01. The van der Waals surface area contributed by atoms with E-state index in [1.807, 2.05) is 22.9 Å². The molecule has 108 valence electrons. The molecule has 5 heteroatoms. The topological polar surface area (TPSA) is 56.5 Å². The average molecular weight is 276 g/mol. The van der Waals surface area contributed by atoms with Crippen molar-refractivity contribution in [1.29, 1.82) is 0 Å². The van der Waals surface area contributed by atoms with Crippen molar-refractivity contribution in [2.24, 2.45) is 0 Å². The van der Waals surface area contributed by atoms with Crippen LogP contribution in [0, 0.1) is 0 Å². The minimum absolute atomic E-state index is 0.355. The number of aromatic nitrogens is 2. The molecular formula is C15H20N2O3. The van der Waals surface area contributed by atoms with Gasteiger partial charge in [0.25, 0.3) is 0 Å². The second kappa shape index (κ2) is 6.43. The molecule has 0 saturated heterocycles.